The molecular weight excluding hydrogens is 198 g/mol. The molecule has 0 aliphatic rings. The van der Waals surface area contributed by atoms with E-state index in [4.69, 9.17) is 4.74 Å². The number of amides is 3. The second-order valence-corrected chi connectivity index (χ2v) is 4.35. The van der Waals surface area contributed by atoms with Crippen molar-refractivity contribution in [2.24, 2.45) is 0 Å². The van der Waals surface area contributed by atoms with Crippen LogP contribution in [0.4, 0.5) is 9.59 Å². The van der Waals surface area contributed by atoms with Gasteiger partial charge >= 0.3 is 12.1 Å². The van der Waals surface area contributed by atoms with Crippen molar-refractivity contribution >= 4 is 12.1 Å². The van der Waals surface area contributed by atoms with Gasteiger partial charge in [-0.05, 0) is 20.8 Å². The van der Waals surface area contributed by atoms with Crippen LogP contribution in [0.3, 0.4) is 0 Å². The zero-order chi connectivity index (χ0) is 12.2. The molecule has 0 unspecified atom stereocenters. The normalized spacial score (nSPS) is 10.5. The van der Waals surface area contributed by atoms with Crippen LogP contribution < -0.4 is 5.43 Å². The van der Waals surface area contributed by atoms with Gasteiger partial charge in [-0.15, -0.1) is 0 Å². The fourth-order valence-electron chi connectivity index (χ4n) is 0.786. The molecule has 0 atom stereocenters. The zero-order valence-corrected chi connectivity index (χ0v) is 10.1. The molecule has 0 aromatic carbocycles. The zero-order valence-electron chi connectivity index (χ0n) is 10.1. The lowest BCUT2D eigenvalue weighted by atomic mass is 10.2. The molecule has 6 nitrogen and oxygen atoms in total. The average Bonchev–Trinajstić information content (AvgIpc) is 1.98. The molecule has 0 radical (unpaired) electrons. The number of urea groups is 1. The molecule has 0 spiro atoms. The van der Waals surface area contributed by atoms with Gasteiger partial charge in [-0.3, -0.25) is 0 Å². The summed E-state index contributed by atoms with van der Waals surface area (Å²) in [5.41, 5.74) is 1.72. The van der Waals surface area contributed by atoms with Crippen LogP contribution in [-0.4, -0.2) is 48.8 Å². The predicted molar refractivity (Wildman–Crippen MR) is 56.2 cm³/mol. The number of hydrazine groups is 1. The van der Waals surface area contributed by atoms with Gasteiger partial charge in [0.25, 0.3) is 0 Å². The molecule has 6 heteroatoms. The summed E-state index contributed by atoms with van der Waals surface area (Å²) in [5.74, 6) is 0. The molecule has 0 rings (SSSR count). The first kappa shape index (κ1) is 13.5. The molecule has 15 heavy (non-hydrogen) atoms. The van der Waals surface area contributed by atoms with Crippen molar-refractivity contribution in [1.29, 1.82) is 0 Å². The van der Waals surface area contributed by atoms with Crippen LogP contribution in [0.15, 0.2) is 0 Å². The first-order valence-corrected chi connectivity index (χ1v) is 4.58. The molecule has 3 amide bonds. The Morgan fingerprint density at radius 3 is 1.93 bits per heavy atom. The van der Waals surface area contributed by atoms with Gasteiger partial charge in [0.05, 0.1) is 0 Å². The highest BCUT2D eigenvalue weighted by atomic mass is 16.6. The van der Waals surface area contributed by atoms with Crippen molar-refractivity contribution in [3.63, 3.8) is 0 Å². The van der Waals surface area contributed by atoms with E-state index in [1.807, 2.05) is 0 Å². The highest BCUT2D eigenvalue weighted by molar-refractivity contribution is 5.77. The highest BCUT2D eigenvalue weighted by Gasteiger charge is 2.19. The van der Waals surface area contributed by atoms with Crippen LogP contribution in [0.1, 0.15) is 20.8 Å². The topological polar surface area (TPSA) is 61.9 Å². The molecule has 0 aromatic heterocycles. The van der Waals surface area contributed by atoms with Crippen LogP contribution in [0.5, 0.6) is 0 Å². The third kappa shape index (κ3) is 5.77. The van der Waals surface area contributed by atoms with Gasteiger partial charge in [0.15, 0.2) is 0 Å². The molecule has 88 valence electrons. The minimum Gasteiger partial charge on any atom is -0.443 e. The standard InChI is InChI=1S/C9H19N3O3/c1-9(2,3)15-7(13)10-12(6)8(14)11(4)5/h1-6H3,(H,10,13). The number of nitrogens with one attached hydrogen (secondary N) is 1. The van der Waals surface area contributed by atoms with E-state index in [2.05, 4.69) is 5.43 Å². The number of hydrogen-bond acceptors (Lipinski definition) is 3. The smallest absolute Gasteiger partial charge is 0.426 e. The van der Waals surface area contributed by atoms with Gasteiger partial charge in [0.2, 0.25) is 0 Å². The van der Waals surface area contributed by atoms with Gasteiger partial charge < -0.3 is 9.64 Å². The number of carbonyl (C=O) groups is 2. The number of ether oxygens (including phenoxy) is 1. The van der Waals surface area contributed by atoms with Gasteiger partial charge in [-0.2, -0.15) is 0 Å². The molecule has 0 aliphatic heterocycles. The second-order valence-electron chi connectivity index (χ2n) is 4.35. The Morgan fingerprint density at radius 2 is 1.60 bits per heavy atom. The third-order valence-electron chi connectivity index (χ3n) is 1.33. The predicted octanol–water partition coefficient (Wildman–Crippen LogP) is 1.04. The fourth-order valence-corrected chi connectivity index (χ4v) is 0.786. The minimum absolute atomic E-state index is 0.333. The quantitative estimate of drug-likeness (QED) is 0.617. The maximum absolute atomic E-state index is 11.3. The van der Waals surface area contributed by atoms with Crippen LogP contribution in [0, 0.1) is 0 Å². The lowest BCUT2D eigenvalue weighted by molar-refractivity contribution is 0.0391. The summed E-state index contributed by atoms with van der Waals surface area (Å²) in [5, 5.41) is 1.06. The molecule has 0 aliphatic carbocycles. The van der Waals surface area contributed by atoms with Crippen molar-refractivity contribution in [3.8, 4) is 0 Å². The molecule has 0 saturated heterocycles. The van der Waals surface area contributed by atoms with Crippen LogP contribution in [0.25, 0.3) is 0 Å². The Hall–Kier alpha value is -1.46. The number of hydrogen-bond donors (Lipinski definition) is 1. The molecule has 0 bridgehead atoms. The number of carbonyl (C=O) groups excluding carboxylic acids is 2. The summed E-state index contributed by atoms with van der Waals surface area (Å²) < 4.78 is 4.98. The number of nitrogens with zero attached hydrogens (tertiary/aromatic N) is 2. The van der Waals surface area contributed by atoms with E-state index in [0.29, 0.717) is 0 Å². The Kier molecular flexibility index (Phi) is 4.39. The highest BCUT2D eigenvalue weighted by Crippen LogP contribution is 2.06. The average molecular weight is 217 g/mol. The van der Waals surface area contributed by atoms with E-state index in [-0.39, 0.29) is 6.03 Å². The Labute approximate surface area is 90.1 Å². The molecule has 1 N–H and O–H groups in total. The maximum atomic E-state index is 11.3. The maximum Gasteiger partial charge on any atom is 0.426 e. The molecular formula is C9H19N3O3. The molecule has 0 fully saturated rings. The summed E-state index contributed by atoms with van der Waals surface area (Å²) >= 11 is 0. The SMILES string of the molecule is CN(C)C(=O)N(C)NC(=O)OC(C)(C)C. The van der Waals surface area contributed by atoms with Crippen molar-refractivity contribution in [2.75, 3.05) is 21.1 Å². The summed E-state index contributed by atoms with van der Waals surface area (Å²) in [4.78, 5) is 23.9. The van der Waals surface area contributed by atoms with Crippen LogP contribution >= 0.6 is 0 Å². The molecule has 0 heterocycles. The van der Waals surface area contributed by atoms with E-state index in [1.165, 1.54) is 11.9 Å². The van der Waals surface area contributed by atoms with Crippen LogP contribution in [0.2, 0.25) is 0 Å². The Morgan fingerprint density at radius 1 is 1.13 bits per heavy atom. The molecule has 0 aromatic rings. The van der Waals surface area contributed by atoms with E-state index < -0.39 is 11.7 Å². The van der Waals surface area contributed by atoms with Crippen molar-refractivity contribution in [1.82, 2.24) is 15.3 Å². The third-order valence-corrected chi connectivity index (χ3v) is 1.33. The Balaban J connectivity index is 4.14. The molecule has 0 saturated carbocycles. The number of rotatable bonds is 0. The lowest BCUT2D eigenvalue weighted by Gasteiger charge is -2.25. The van der Waals surface area contributed by atoms with Gasteiger partial charge in [0.1, 0.15) is 5.60 Å². The first-order chi connectivity index (χ1) is 6.63. The summed E-state index contributed by atoms with van der Waals surface area (Å²) in [6.07, 6.45) is -0.653. The summed E-state index contributed by atoms with van der Waals surface area (Å²) in [7, 11) is 4.64. The van der Waals surface area contributed by atoms with Crippen molar-refractivity contribution in [2.45, 2.75) is 26.4 Å². The van der Waals surface area contributed by atoms with Crippen molar-refractivity contribution < 1.29 is 14.3 Å². The minimum atomic E-state index is -0.653. The fraction of sp³-hybridized carbons (Fsp3) is 0.778. The van der Waals surface area contributed by atoms with E-state index in [0.717, 1.165) is 5.01 Å². The Bertz CT molecular complexity index is 245. The van der Waals surface area contributed by atoms with Crippen molar-refractivity contribution in [3.05, 3.63) is 0 Å². The largest absolute Gasteiger partial charge is 0.443 e. The first-order valence-electron chi connectivity index (χ1n) is 4.58. The van der Waals surface area contributed by atoms with Crippen LogP contribution in [-0.2, 0) is 4.74 Å². The monoisotopic (exact) mass is 217 g/mol. The van der Waals surface area contributed by atoms with Gasteiger partial charge in [0, 0.05) is 21.1 Å². The van der Waals surface area contributed by atoms with Gasteiger partial charge in [-0.25, -0.2) is 20.0 Å². The second kappa shape index (κ2) is 4.86. The summed E-state index contributed by atoms with van der Waals surface area (Å²) in [6, 6.07) is -0.333. The van der Waals surface area contributed by atoms with E-state index >= 15 is 0 Å². The lowest BCUT2D eigenvalue weighted by Crippen LogP contribution is -2.49. The summed E-state index contributed by atoms with van der Waals surface area (Å²) in [6.45, 7) is 5.25. The van der Waals surface area contributed by atoms with Gasteiger partial charge in [-0.1, -0.05) is 0 Å². The van der Waals surface area contributed by atoms with E-state index in [9.17, 15) is 9.59 Å². The van der Waals surface area contributed by atoms with E-state index in [1.54, 1.807) is 34.9 Å².